The molecule has 110 valence electrons. The number of likely N-dealkylation sites (tertiary alicyclic amines) is 1. The van der Waals surface area contributed by atoms with E-state index >= 15 is 0 Å². The van der Waals surface area contributed by atoms with Crippen LogP contribution in [-0.4, -0.2) is 28.6 Å². The van der Waals surface area contributed by atoms with E-state index in [4.69, 9.17) is 9.52 Å². The number of hydrogen-bond donors (Lipinski definition) is 1. The Morgan fingerprint density at radius 3 is 2.76 bits per heavy atom. The van der Waals surface area contributed by atoms with Gasteiger partial charge < -0.3 is 9.52 Å². The number of carboxylic acid groups (broad SMARTS) is 1. The van der Waals surface area contributed by atoms with Crippen LogP contribution in [0.15, 0.2) is 40.8 Å². The van der Waals surface area contributed by atoms with Crippen LogP contribution < -0.4 is 0 Å². The molecule has 4 nitrogen and oxygen atoms in total. The van der Waals surface area contributed by atoms with Crippen molar-refractivity contribution in [1.29, 1.82) is 0 Å². The first-order chi connectivity index (χ1) is 10.1. The van der Waals surface area contributed by atoms with Gasteiger partial charge in [-0.1, -0.05) is 0 Å². The molecule has 21 heavy (non-hydrogen) atoms. The number of hydrogen-bond acceptors (Lipinski definition) is 3. The summed E-state index contributed by atoms with van der Waals surface area (Å²) in [4.78, 5) is 13.1. The number of nitrogens with zero attached hydrogens (tertiary/aromatic N) is 1. The highest BCUT2D eigenvalue weighted by atomic mass is 19.1. The number of aliphatic carboxylic acids is 1. The van der Waals surface area contributed by atoms with Crippen molar-refractivity contribution in [2.45, 2.75) is 25.4 Å². The van der Waals surface area contributed by atoms with Crippen LogP contribution in [0.25, 0.3) is 11.3 Å². The van der Waals surface area contributed by atoms with Crippen molar-refractivity contribution in [3.63, 3.8) is 0 Å². The molecule has 0 saturated carbocycles. The second-order valence-electron chi connectivity index (χ2n) is 5.24. The highest BCUT2D eigenvalue weighted by Crippen LogP contribution is 2.25. The molecule has 0 radical (unpaired) electrons. The molecule has 1 atom stereocenters. The molecule has 3 rings (SSSR count). The molecule has 0 amide bonds. The molecular formula is C16H16FNO3. The molecule has 0 unspecified atom stereocenters. The molecule has 0 bridgehead atoms. The normalized spacial score (nSPS) is 19.0. The zero-order chi connectivity index (χ0) is 14.8. The summed E-state index contributed by atoms with van der Waals surface area (Å²) in [5.74, 6) is 0.322. The lowest BCUT2D eigenvalue weighted by molar-refractivity contribution is -0.142. The van der Waals surface area contributed by atoms with E-state index in [2.05, 4.69) is 0 Å². The Kier molecular flexibility index (Phi) is 3.75. The van der Waals surface area contributed by atoms with E-state index in [1.165, 1.54) is 12.1 Å². The highest BCUT2D eigenvalue weighted by Gasteiger charge is 2.30. The summed E-state index contributed by atoms with van der Waals surface area (Å²) in [5.41, 5.74) is 0.804. The summed E-state index contributed by atoms with van der Waals surface area (Å²) in [6.45, 7) is 1.25. The minimum Gasteiger partial charge on any atom is -0.480 e. The van der Waals surface area contributed by atoms with Crippen LogP contribution >= 0.6 is 0 Å². The van der Waals surface area contributed by atoms with E-state index in [0.717, 1.165) is 24.3 Å². The molecule has 1 N–H and O–H groups in total. The number of carboxylic acids is 1. The third-order valence-electron chi connectivity index (χ3n) is 3.80. The smallest absolute Gasteiger partial charge is 0.320 e. The Labute approximate surface area is 121 Å². The van der Waals surface area contributed by atoms with E-state index < -0.39 is 12.0 Å². The first-order valence-corrected chi connectivity index (χ1v) is 6.95. The Bertz CT molecular complexity index is 635. The fourth-order valence-corrected chi connectivity index (χ4v) is 2.73. The van der Waals surface area contributed by atoms with Crippen LogP contribution in [0.1, 0.15) is 18.6 Å². The molecule has 1 aliphatic heterocycles. The van der Waals surface area contributed by atoms with E-state index in [0.29, 0.717) is 18.7 Å². The SMILES string of the molecule is O=C(O)[C@@H]1CCCN1Cc1ccc(-c2ccc(F)cc2)o1. The third kappa shape index (κ3) is 2.97. The lowest BCUT2D eigenvalue weighted by Crippen LogP contribution is -2.35. The predicted octanol–water partition coefficient (Wildman–Crippen LogP) is 3.13. The fourth-order valence-electron chi connectivity index (χ4n) is 2.73. The van der Waals surface area contributed by atoms with Crippen LogP contribution in [-0.2, 0) is 11.3 Å². The van der Waals surface area contributed by atoms with Crippen molar-refractivity contribution in [1.82, 2.24) is 4.90 Å². The number of halogens is 1. The predicted molar refractivity (Wildman–Crippen MR) is 75.2 cm³/mol. The average Bonchev–Trinajstić information content (AvgIpc) is 3.09. The van der Waals surface area contributed by atoms with Gasteiger partial charge in [0, 0.05) is 5.56 Å². The fraction of sp³-hybridized carbons (Fsp3) is 0.312. The minimum absolute atomic E-state index is 0.285. The first kappa shape index (κ1) is 13.8. The molecular weight excluding hydrogens is 273 g/mol. The van der Waals surface area contributed by atoms with Gasteiger partial charge in [-0.2, -0.15) is 0 Å². The molecule has 5 heteroatoms. The number of furan rings is 1. The Morgan fingerprint density at radius 1 is 1.29 bits per heavy atom. The Balaban J connectivity index is 1.73. The van der Waals surface area contributed by atoms with Gasteiger partial charge >= 0.3 is 5.97 Å². The van der Waals surface area contributed by atoms with Gasteiger partial charge in [0.15, 0.2) is 0 Å². The second-order valence-corrected chi connectivity index (χ2v) is 5.24. The van der Waals surface area contributed by atoms with Crippen molar-refractivity contribution in [2.24, 2.45) is 0 Å². The topological polar surface area (TPSA) is 53.7 Å². The molecule has 1 fully saturated rings. The summed E-state index contributed by atoms with van der Waals surface area (Å²) in [6.07, 6.45) is 1.57. The maximum absolute atomic E-state index is 12.9. The Morgan fingerprint density at radius 2 is 2.05 bits per heavy atom. The molecule has 0 spiro atoms. The lowest BCUT2D eigenvalue weighted by Gasteiger charge is -2.19. The van der Waals surface area contributed by atoms with Gasteiger partial charge in [-0.3, -0.25) is 9.69 Å². The van der Waals surface area contributed by atoms with Gasteiger partial charge in [0.05, 0.1) is 6.54 Å². The maximum atomic E-state index is 12.9. The van der Waals surface area contributed by atoms with E-state index in [1.54, 1.807) is 12.1 Å². The maximum Gasteiger partial charge on any atom is 0.320 e. The van der Waals surface area contributed by atoms with Crippen molar-refractivity contribution in [3.05, 3.63) is 48.0 Å². The Hall–Kier alpha value is -2.14. The highest BCUT2D eigenvalue weighted by molar-refractivity contribution is 5.73. The molecule has 1 saturated heterocycles. The number of rotatable bonds is 4. The molecule has 0 aliphatic carbocycles. The number of benzene rings is 1. The van der Waals surface area contributed by atoms with Crippen LogP contribution in [0.5, 0.6) is 0 Å². The molecule has 1 aliphatic rings. The van der Waals surface area contributed by atoms with Crippen LogP contribution in [0, 0.1) is 5.82 Å². The van der Waals surface area contributed by atoms with E-state index in [9.17, 15) is 9.18 Å². The molecule has 2 aromatic rings. The zero-order valence-corrected chi connectivity index (χ0v) is 11.5. The first-order valence-electron chi connectivity index (χ1n) is 6.95. The van der Waals surface area contributed by atoms with Gasteiger partial charge in [-0.05, 0) is 55.8 Å². The molecule has 2 heterocycles. The van der Waals surface area contributed by atoms with Gasteiger partial charge in [0.1, 0.15) is 23.4 Å². The summed E-state index contributed by atoms with van der Waals surface area (Å²) >= 11 is 0. The summed E-state index contributed by atoms with van der Waals surface area (Å²) in [6, 6.07) is 9.34. The lowest BCUT2D eigenvalue weighted by atomic mass is 10.2. The van der Waals surface area contributed by atoms with Crippen molar-refractivity contribution < 1.29 is 18.7 Å². The van der Waals surface area contributed by atoms with Gasteiger partial charge in [0.25, 0.3) is 0 Å². The quantitative estimate of drug-likeness (QED) is 0.939. The van der Waals surface area contributed by atoms with Gasteiger partial charge in [0.2, 0.25) is 0 Å². The average molecular weight is 289 g/mol. The second kappa shape index (κ2) is 5.69. The van der Waals surface area contributed by atoms with Crippen LogP contribution in [0.4, 0.5) is 4.39 Å². The molecule has 1 aromatic carbocycles. The van der Waals surface area contributed by atoms with Crippen molar-refractivity contribution in [3.8, 4) is 11.3 Å². The summed E-state index contributed by atoms with van der Waals surface area (Å²) < 4.78 is 18.6. The standard InChI is InChI=1S/C16H16FNO3/c17-12-5-3-11(4-6-12)15-8-7-13(21-15)10-18-9-1-2-14(18)16(19)20/h3-8,14H,1-2,9-10H2,(H,19,20)/t14-/m0/s1. The van der Waals surface area contributed by atoms with Crippen molar-refractivity contribution in [2.75, 3.05) is 6.54 Å². The van der Waals surface area contributed by atoms with Crippen LogP contribution in [0.3, 0.4) is 0 Å². The van der Waals surface area contributed by atoms with Gasteiger partial charge in [-0.15, -0.1) is 0 Å². The largest absolute Gasteiger partial charge is 0.480 e. The third-order valence-corrected chi connectivity index (χ3v) is 3.80. The monoisotopic (exact) mass is 289 g/mol. The van der Waals surface area contributed by atoms with E-state index in [-0.39, 0.29) is 5.82 Å². The number of carbonyl (C=O) groups is 1. The van der Waals surface area contributed by atoms with Crippen LogP contribution in [0.2, 0.25) is 0 Å². The van der Waals surface area contributed by atoms with E-state index in [1.807, 2.05) is 17.0 Å². The van der Waals surface area contributed by atoms with Crippen molar-refractivity contribution >= 4 is 5.97 Å². The molecule has 1 aromatic heterocycles. The van der Waals surface area contributed by atoms with Gasteiger partial charge in [-0.25, -0.2) is 4.39 Å². The summed E-state index contributed by atoms with van der Waals surface area (Å²) in [5, 5.41) is 9.16. The summed E-state index contributed by atoms with van der Waals surface area (Å²) in [7, 11) is 0. The minimum atomic E-state index is -0.780. The zero-order valence-electron chi connectivity index (χ0n) is 11.5.